The molecule has 2 aliphatic carbocycles. The second kappa shape index (κ2) is 20.9. The topological polar surface area (TPSA) is 221 Å². The molecule has 3 aromatic carbocycles. The van der Waals surface area contributed by atoms with E-state index in [2.05, 4.69) is 82.8 Å². The summed E-state index contributed by atoms with van der Waals surface area (Å²) in [5, 5.41) is 26.5. The zero-order valence-corrected chi connectivity index (χ0v) is 43.3. The number of ether oxygens (including phenoxy) is 2. The zero-order chi connectivity index (χ0) is 51.8. The zero-order valence-electron chi connectivity index (χ0n) is 42.5. The van der Waals surface area contributed by atoms with Crippen LogP contribution in [0.1, 0.15) is 111 Å². The Balaban J connectivity index is 0.830. The highest BCUT2D eigenvalue weighted by atomic mass is 32.2. The number of piperidine rings is 1. The first kappa shape index (κ1) is 50.8. The van der Waals surface area contributed by atoms with Crippen molar-refractivity contribution in [3.63, 3.8) is 0 Å². The third-order valence-corrected chi connectivity index (χ3v) is 17.4. The van der Waals surface area contributed by atoms with Crippen molar-refractivity contribution in [3.05, 3.63) is 130 Å². The molecule has 1 atom stereocenters. The molecule has 2 saturated heterocycles. The summed E-state index contributed by atoms with van der Waals surface area (Å²) in [5.74, 6) is 0.631. The number of amides is 1. The molecule has 4 N–H and O–H groups in total. The molecule has 5 heterocycles. The lowest BCUT2D eigenvalue weighted by Crippen LogP contribution is -2.60. The number of benzene rings is 3. The smallest absolute Gasteiger partial charge is 0.293 e. The average molecular weight is 1030 g/mol. The summed E-state index contributed by atoms with van der Waals surface area (Å²) in [5.41, 5.74) is 4.40. The van der Waals surface area contributed by atoms with E-state index in [4.69, 9.17) is 9.47 Å². The number of methoxy groups -OCH3 is 1. The summed E-state index contributed by atoms with van der Waals surface area (Å²) < 4.78 is 41.5. The highest BCUT2D eigenvalue weighted by molar-refractivity contribution is 7.90. The number of pyridine rings is 1. The number of aromatic amines is 1. The lowest BCUT2D eigenvalue weighted by molar-refractivity contribution is -0.384. The van der Waals surface area contributed by atoms with Crippen LogP contribution in [0.5, 0.6) is 17.4 Å². The van der Waals surface area contributed by atoms with Gasteiger partial charge in [0.15, 0.2) is 0 Å². The highest BCUT2D eigenvalue weighted by Gasteiger charge is 2.50. The number of carbonyl (C=O) groups excluding carboxylic acids is 1. The van der Waals surface area contributed by atoms with Crippen LogP contribution < -0.4 is 24.4 Å². The fourth-order valence-electron chi connectivity index (χ4n) is 11.7. The van der Waals surface area contributed by atoms with Crippen molar-refractivity contribution >= 4 is 44.0 Å². The number of fused-ring (bicyclic) bond motifs is 1. The number of hydrogen-bond donors (Lipinski definition) is 4. The molecule has 18 nitrogen and oxygen atoms in total. The van der Waals surface area contributed by atoms with Crippen LogP contribution in [0.4, 0.5) is 17.1 Å². The Morgan fingerprint density at radius 2 is 1.73 bits per heavy atom. The molecule has 19 heteroatoms. The Bertz CT molecular complexity index is 3100. The van der Waals surface area contributed by atoms with Crippen molar-refractivity contribution in [2.45, 2.75) is 107 Å². The van der Waals surface area contributed by atoms with Crippen molar-refractivity contribution < 1.29 is 32.7 Å². The minimum atomic E-state index is -4.59. The molecule has 1 spiro atoms. The standard InChI is InChI=1S/C55H66N10O8S/c1-36(2)44-7-5-6-8-45(44)49-35-62(34-39-31-59-51(72-4)33-57-39)23-24-64(49)41-28-55(29-41)18-21-63(22-19-55)40-9-11-46(50(26-40)73-42-25-38-15-20-56-52(38)60-32-42)53(66)61-74(70,71)43-10-12-47(48(27-43)65(68)69)58-30-37-13-16-54(3,67)17-14-37/h5-12,15,20,25-27,31-33,36-37,41,49,58,67H,13-14,16-19,21-24,28-30,34-35H2,1-4H3,(H,56,60)(H,61,66)/t37-,49?,54-. The van der Waals surface area contributed by atoms with Crippen molar-refractivity contribution in [1.29, 1.82) is 0 Å². The Hall–Kier alpha value is -6.67. The first-order valence-corrected chi connectivity index (χ1v) is 27.3. The number of hydrogen-bond acceptors (Lipinski definition) is 15. The van der Waals surface area contributed by atoms with Crippen LogP contribution in [0, 0.1) is 21.4 Å². The summed E-state index contributed by atoms with van der Waals surface area (Å²) in [6.45, 7) is 11.9. The number of anilines is 2. The van der Waals surface area contributed by atoms with Gasteiger partial charge in [-0.3, -0.25) is 29.7 Å². The number of carbonyl (C=O) groups is 1. The van der Waals surface area contributed by atoms with E-state index in [1.54, 1.807) is 37.7 Å². The number of rotatable bonds is 16. The van der Waals surface area contributed by atoms with Crippen molar-refractivity contribution in [3.8, 4) is 17.4 Å². The summed E-state index contributed by atoms with van der Waals surface area (Å²) in [6.07, 6.45) is 13.8. The minimum absolute atomic E-state index is 0.0355. The molecule has 4 aliphatic rings. The average Bonchev–Trinajstić information content (AvgIpc) is 3.86. The van der Waals surface area contributed by atoms with Crippen LogP contribution in [0.15, 0.2) is 102 Å². The van der Waals surface area contributed by atoms with Crippen LogP contribution in [0.3, 0.4) is 0 Å². The molecule has 2 aliphatic heterocycles. The van der Waals surface area contributed by atoms with Crippen LogP contribution in [0.25, 0.3) is 11.0 Å². The number of nitrogens with zero attached hydrogens (tertiary/aromatic N) is 7. The number of nitro benzene ring substituents is 1. The van der Waals surface area contributed by atoms with Crippen LogP contribution in [0.2, 0.25) is 0 Å². The normalized spacial score (nSPS) is 21.6. The van der Waals surface area contributed by atoms with Crippen LogP contribution in [-0.4, -0.2) is 112 Å². The molecular formula is C55H66N10O8S. The van der Waals surface area contributed by atoms with Crippen molar-refractivity contribution in [2.24, 2.45) is 11.3 Å². The van der Waals surface area contributed by atoms with E-state index in [1.165, 1.54) is 29.5 Å². The second-order valence-electron chi connectivity index (χ2n) is 21.4. The molecule has 0 bridgehead atoms. The minimum Gasteiger partial charge on any atom is -0.480 e. The molecule has 390 valence electrons. The molecule has 3 aromatic heterocycles. The number of H-pyrrole nitrogens is 1. The maximum Gasteiger partial charge on any atom is 0.293 e. The van der Waals surface area contributed by atoms with E-state index in [0.717, 1.165) is 101 Å². The maximum atomic E-state index is 14.1. The number of nitro groups is 1. The monoisotopic (exact) mass is 1030 g/mol. The maximum absolute atomic E-state index is 14.1. The molecule has 0 radical (unpaired) electrons. The summed E-state index contributed by atoms with van der Waals surface area (Å²) >= 11 is 0. The van der Waals surface area contributed by atoms with E-state index in [-0.39, 0.29) is 34.4 Å². The molecule has 6 aromatic rings. The van der Waals surface area contributed by atoms with Crippen molar-refractivity contribution in [2.75, 3.05) is 56.6 Å². The highest BCUT2D eigenvalue weighted by Crippen LogP contribution is 2.53. The summed E-state index contributed by atoms with van der Waals surface area (Å²) in [6, 6.07) is 22.0. The third-order valence-electron chi connectivity index (χ3n) is 16.0. The van der Waals surface area contributed by atoms with Gasteiger partial charge in [0, 0.05) is 87.3 Å². The Morgan fingerprint density at radius 1 is 0.946 bits per heavy atom. The molecule has 1 unspecified atom stereocenters. The molecule has 4 fully saturated rings. The van der Waals surface area contributed by atoms with E-state index in [0.29, 0.717) is 48.6 Å². The van der Waals surface area contributed by atoms with Gasteiger partial charge >= 0.3 is 0 Å². The third kappa shape index (κ3) is 11.1. The van der Waals surface area contributed by atoms with E-state index in [1.807, 2.05) is 25.3 Å². The lowest BCUT2D eigenvalue weighted by atomic mass is 9.59. The predicted molar refractivity (Wildman–Crippen MR) is 282 cm³/mol. The number of aliphatic hydroxyl groups is 1. The Morgan fingerprint density at radius 3 is 2.46 bits per heavy atom. The molecular weight excluding hydrogens is 961 g/mol. The van der Waals surface area contributed by atoms with Crippen LogP contribution >= 0.6 is 0 Å². The van der Waals surface area contributed by atoms with Gasteiger partial charge in [0.1, 0.15) is 22.8 Å². The number of piperazine rings is 1. The largest absolute Gasteiger partial charge is 0.480 e. The predicted octanol–water partition coefficient (Wildman–Crippen LogP) is 8.97. The van der Waals surface area contributed by atoms with Gasteiger partial charge in [-0.05, 0) is 123 Å². The van der Waals surface area contributed by atoms with Gasteiger partial charge < -0.3 is 29.8 Å². The second-order valence-corrected chi connectivity index (χ2v) is 23.1. The molecule has 2 saturated carbocycles. The fraction of sp³-hybridized carbons (Fsp3) is 0.455. The Kier molecular flexibility index (Phi) is 14.4. The quantitative estimate of drug-likeness (QED) is 0.0525. The van der Waals surface area contributed by atoms with E-state index in [9.17, 15) is 28.4 Å². The van der Waals surface area contributed by atoms with Gasteiger partial charge in [0.05, 0.1) is 52.4 Å². The first-order chi connectivity index (χ1) is 35.5. The molecule has 10 rings (SSSR count). The fourth-order valence-corrected chi connectivity index (χ4v) is 12.7. The SMILES string of the molecule is COc1cnc(CN2CCN(C3CC4(CCN(c5ccc(C(=O)NS(=O)(=O)c6ccc(NC[C@H]7CC[C@](C)(O)CC7)c([N+](=O)[O-])c6)c(Oc6cnc7[nH]ccc7c6)c5)CC4)C3)C(c3ccccc3C(C)C)C2)cn1. The van der Waals surface area contributed by atoms with Gasteiger partial charge in [0.2, 0.25) is 5.88 Å². The van der Waals surface area contributed by atoms with E-state index < -0.39 is 37.0 Å². The number of nitrogens with one attached hydrogen (secondary N) is 3. The first-order valence-electron chi connectivity index (χ1n) is 25.8. The van der Waals surface area contributed by atoms with Crippen LogP contribution in [-0.2, 0) is 16.6 Å². The molecule has 74 heavy (non-hydrogen) atoms. The Labute approximate surface area is 432 Å². The van der Waals surface area contributed by atoms with E-state index >= 15 is 0 Å². The van der Waals surface area contributed by atoms with Crippen molar-refractivity contribution in [1.82, 2.24) is 34.5 Å². The molecule has 1 amide bonds. The van der Waals surface area contributed by atoms with Gasteiger partial charge in [-0.1, -0.05) is 38.1 Å². The van der Waals surface area contributed by atoms with Gasteiger partial charge in [-0.2, -0.15) is 0 Å². The van der Waals surface area contributed by atoms with Gasteiger partial charge in [-0.15, -0.1) is 0 Å². The number of aromatic nitrogens is 4. The lowest BCUT2D eigenvalue weighted by Gasteiger charge is -2.58. The summed E-state index contributed by atoms with van der Waals surface area (Å²) in [7, 11) is -2.99. The summed E-state index contributed by atoms with van der Waals surface area (Å²) in [4.78, 5) is 49.4. The number of sulfonamides is 1. The van der Waals surface area contributed by atoms with Gasteiger partial charge in [0.25, 0.3) is 21.6 Å². The van der Waals surface area contributed by atoms with Gasteiger partial charge in [-0.25, -0.2) is 23.1 Å².